The maximum Gasteiger partial charge on any atom is 0.332 e. The Bertz CT molecular complexity index is 1240. The van der Waals surface area contributed by atoms with Crippen molar-refractivity contribution in [1.82, 2.24) is 15.2 Å². The topological polar surface area (TPSA) is 118 Å². The Morgan fingerprint density at radius 2 is 1.81 bits per heavy atom. The van der Waals surface area contributed by atoms with E-state index in [1.165, 1.54) is 4.90 Å². The summed E-state index contributed by atoms with van der Waals surface area (Å²) >= 11 is 0. The van der Waals surface area contributed by atoms with Crippen LogP contribution in [0.2, 0.25) is 0 Å². The molecule has 0 radical (unpaired) electrons. The van der Waals surface area contributed by atoms with Crippen LogP contribution in [0.3, 0.4) is 0 Å². The van der Waals surface area contributed by atoms with E-state index < -0.39 is 29.6 Å². The average Bonchev–Trinajstić information content (AvgIpc) is 3.42. The standard InChI is InChI=1S/C23H21N3O6/c27-19(26-8-7-23(20(26)22(29)30)31-9-10-32-23)13-24-21(28)16-6-5-15-11-14-3-1-2-4-17(14)25-18(15)12-16/h1-6,11-12,20H,7-10,13H2,(H,24,28)(H,29,30)/t20-/m1/s1. The van der Waals surface area contributed by atoms with Crippen LogP contribution in [-0.2, 0) is 19.1 Å². The molecule has 2 aromatic carbocycles. The fourth-order valence-corrected chi connectivity index (χ4v) is 4.41. The van der Waals surface area contributed by atoms with Gasteiger partial charge in [0.1, 0.15) is 0 Å². The van der Waals surface area contributed by atoms with Crippen molar-refractivity contribution in [3.8, 4) is 0 Å². The molecule has 32 heavy (non-hydrogen) atoms. The number of likely N-dealkylation sites (tertiary alicyclic amines) is 1. The largest absolute Gasteiger partial charge is 0.480 e. The fraction of sp³-hybridized carbons (Fsp3) is 0.304. The molecule has 2 saturated heterocycles. The predicted molar refractivity (Wildman–Crippen MR) is 114 cm³/mol. The molecule has 1 aromatic heterocycles. The highest BCUT2D eigenvalue weighted by Crippen LogP contribution is 2.36. The van der Waals surface area contributed by atoms with Gasteiger partial charge in [0.05, 0.1) is 30.8 Å². The van der Waals surface area contributed by atoms with Crippen LogP contribution < -0.4 is 5.32 Å². The van der Waals surface area contributed by atoms with Crippen molar-refractivity contribution in [1.29, 1.82) is 0 Å². The number of aromatic nitrogens is 1. The van der Waals surface area contributed by atoms with Gasteiger partial charge in [0.25, 0.3) is 5.91 Å². The first kappa shape index (κ1) is 20.3. The molecule has 9 nitrogen and oxygen atoms in total. The summed E-state index contributed by atoms with van der Waals surface area (Å²) in [6, 6.07) is 13.6. The third-order valence-electron chi connectivity index (χ3n) is 5.94. The number of nitrogens with zero attached hydrogens (tertiary/aromatic N) is 2. The lowest BCUT2D eigenvalue weighted by Gasteiger charge is -2.30. The number of carbonyl (C=O) groups is 3. The molecule has 2 aliphatic rings. The van der Waals surface area contributed by atoms with Crippen molar-refractivity contribution in [2.75, 3.05) is 26.3 Å². The van der Waals surface area contributed by atoms with Gasteiger partial charge in [-0.05, 0) is 24.3 Å². The molecule has 164 valence electrons. The molecule has 1 spiro atoms. The maximum absolute atomic E-state index is 12.7. The van der Waals surface area contributed by atoms with Gasteiger partial charge in [0.2, 0.25) is 11.7 Å². The normalized spacial score (nSPS) is 19.6. The number of carbonyl (C=O) groups excluding carboxylic acids is 2. The molecule has 0 unspecified atom stereocenters. The summed E-state index contributed by atoms with van der Waals surface area (Å²) in [5.41, 5.74) is 1.86. The minimum Gasteiger partial charge on any atom is -0.480 e. The number of hydrogen-bond acceptors (Lipinski definition) is 6. The van der Waals surface area contributed by atoms with Crippen LogP contribution in [0.25, 0.3) is 21.8 Å². The Morgan fingerprint density at radius 1 is 1.06 bits per heavy atom. The summed E-state index contributed by atoms with van der Waals surface area (Å²) in [4.78, 5) is 43.0. The van der Waals surface area contributed by atoms with Gasteiger partial charge in [0, 0.05) is 29.3 Å². The first-order valence-corrected chi connectivity index (χ1v) is 10.3. The molecule has 5 rings (SSSR count). The van der Waals surface area contributed by atoms with Gasteiger partial charge in [-0.25, -0.2) is 9.78 Å². The number of para-hydroxylation sites is 1. The second-order valence-electron chi connectivity index (χ2n) is 7.86. The lowest BCUT2D eigenvalue weighted by molar-refractivity contribution is -0.191. The zero-order valence-corrected chi connectivity index (χ0v) is 17.1. The van der Waals surface area contributed by atoms with Crippen LogP contribution in [0.5, 0.6) is 0 Å². The van der Waals surface area contributed by atoms with E-state index in [1.54, 1.807) is 12.1 Å². The number of fused-ring (bicyclic) bond motifs is 2. The lowest BCUT2D eigenvalue weighted by Crippen LogP contribution is -2.54. The predicted octanol–water partition coefficient (Wildman–Crippen LogP) is 1.55. The number of carboxylic acid groups (broad SMARTS) is 1. The Labute approximate surface area is 182 Å². The van der Waals surface area contributed by atoms with E-state index in [0.29, 0.717) is 11.1 Å². The molecule has 0 saturated carbocycles. The second-order valence-corrected chi connectivity index (χ2v) is 7.86. The average molecular weight is 435 g/mol. The quantitative estimate of drug-likeness (QED) is 0.597. The third kappa shape index (κ3) is 3.45. The monoisotopic (exact) mass is 435 g/mol. The minimum atomic E-state index is -1.31. The number of amides is 2. The molecule has 1 atom stereocenters. The lowest BCUT2D eigenvalue weighted by atomic mass is 10.1. The SMILES string of the molecule is O=C(NCC(=O)N1CCC2(OCCO2)[C@H]1C(=O)O)c1ccc2cc3ccccc3nc2c1. The number of aliphatic carboxylic acids is 1. The summed E-state index contributed by atoms with van der Waals surface area (Å²) < 4.78 is 11.1. The summed E-state index contributed by atoms with van der Waals surface area (Å²) in [7, 11) is 0. The van der Waals surface area contributed by atoms with E-state index in [1.807, 2.05) is 36.4 Å². The molecular formula is C23H21N3O6. The first-order valence-electron chi connectivity index (χ1n) is 10.3. The van der Waals surface area contributed by atoms with Crippen LogP contribution in [0, 0.1) is 0 Å². The van der Waals surface area contributed by atoms with Crippen LogP contribution in [0.15, 0.2) is 48.5 Å². The number of hydrogen-bond donors (Lipinski definition) is 2. The van der Waals surface area contributed by atoms with Gasteiger partial charge in [0.15, 0.2) is 6.04 Å². The van der Waals surface area contributed by atoms with E-state index in [4.69, 9.17) is 9.47 Å². The molecular weight excluding hydrogens is 414 g/mol. The van der Waals surface area contributed by atoms with E-state index >= 15 is 0 Å². The molecule has 3 aromatic rings. The van der Waals surface area contributed by atoms with Crippen molar-refractivity contribution < 1.29 is 29.0 Å². The van der Waals surface area contributed by atoms with Crippen LogP contribution in [0.1, 0.15) is 16.8 Å². The molecule has 3 heterocycles. The van der Waals surface area contributed by atoms with Crippen LogP contribution >= 0.6 is 0 Å². The summed E-state index contributed by atoms with van der Waals surface area (Å²) in [5, 5.41) is 14.1. The summed E-state index contributed by atoms with van der Waals surface area (Å²) in [6.45, 7) is 0.419. The van der Waals surface area contributed by atoms with Gasteiger partial charge in [-0.3, -0.25) is 9.59 Å². The van der Waals surface area contributed by atoms with Crippen molar-refractivity contribution in [3.05, 3.63) is 54.1 Å². The van der Waals surface area contributed by atoms with Gasteiger partial charge in [-0.2, -0.15) is 0 Å². The Kier molecular flexibility index (Phi) is 4.99. The second kappa shape index (κ2) is 7.85. The highest BCUT2D eigenvalue weighted by molar-refractivity contribution is 6.01. The Hall–Kier alpha value is -3.56. The van der Waals surface area contributed by atoms with Gasteiger partial charge < -0.3 is 24.8 Å². The molecule has 2 N–H and O–H groups in total. The van der Waals surface area contributed by atoms with Gasteiger partial charge >= 0.3 is 5.97 Å². The van der Waals surface area contributed by atoms with E-state index in [-0.39, 0.29) is 32.7 Å². The molecule has 9 heteroatoms. The zero-order valence-electron chi connectivity index (χ0n) is 17.1. The number of ether oxygens (including phenoxy) is 2. The van der Waals surface area contributed by atoms with Crippen molar-refractivity contribution in [2.45, 2.75) is 18.2 Å². The van der Waals surface area contributed by atoms with E-state index in [9.17, 15) is 19.5 Å². The summed E-state index contributed by atoms with van der Waals surface area (Å²) in [5.74, 6) is -3.45. The highest BCUT2D eigenvalue weighted by atomic mass is 16.7. The Morgan fingerprint density at radius 3 is 2.59 bits per heavy atom. The molecule has 2 amide bonds. The molecule has 0 bridgehead atoms. The number of nitrogens with one attached hydrogen (secondary N) is 1. The smallest absolute Gasteiger partial charge is 0.332 e. The third-order valence-corrected chi connectivity index (χ3v) is 5.94. The van der Waals surface area contributed by atoms with Crippen LogP contribution in [0.4, 0.5) is 0 Å². The number of pyridine rings is 1. The Balaban J connectivity index is 1.30. The minimum absolute atomic E-state index is 0.179. The van der Waals surface area contributed by atoms with Crippen LogP contribution in [-0.4, -0.2) is 70.9 Å². The number of benzene rings is 2. The van der Waals surface area contributed by atoms with Crippen molar-refractivity contribution >= 4 is 39.6 Å². The summed E-state index contributed by atoms with van der Waals surface area (Å²) in [6.07, 6.45) is 0.272. The van der Waals surface area contributed by atoms with E-state index in [2.05, 4.69) is 10.3 Å². The van der Waals surface area contributed by atoms with Crippen molar-refractivity contribution in [2.24, 2.45) is 0 Å². The maximum atomic E-state index is 12.7. The number of rotatable bonds is 4. The van der Waals surface area contributed by atoms with E-state index in [0.717, 1.165) is 16.3 Å². The van der Waals surface area contributed by atoms with Crippen molar-refractivity contribution in [3.63, 3.8) is 0 Å². The number of carboxylic acids is 1. The zero-order chi connectivity index (χ0) is 22.3. The van der Waals surface area contributed by atoms with Gasteiger partial charge in [-0.1, -0.05) is 24.3 Å². The van der Waals surface area contributed by atoms with Gasteiger partial charge in [-0.15, -0.1) is 0 Å². The molecule has 2 aliphatic heterocycles. The molecule has 2 fully saturated rings. The fourth-order valence-electron chi connectivity index (χ4n) is 4.41. The highest BCUT2D eigenvalue weighted by Gasteiger charge is 2.57. The molecule has 0 aliphatic carbocycles. The first-order chi connectivity index (χ1) is 15.5.